The summed E-state index contributed by atoms with van der Waals surface area (Å²) in [5.74, 6) is 1.07. The molecule has 0 radical (unpaired) electrons. The topological polar surface area (TPSA) is 54.0 Å². The molecule has 1 aliphatic rings. The fourth-order valence-electron chi connectivity index (χ4n) is 2.05. The summed E-state index contributed by atoms with van der Waals surface area (Å²) < 4.78 is 5.36. The van der Waals surface area contributed by atoms with Crippen molar-refractivity contribution in [1.29, 1.82) is 0 Å². The van der Waals surface area contributed by atoms with Crippen LogP contribution in [0.15, 0.2) is 30.7 Å². The number of hydrogen-bond acceptors (Lipinski definition) is 4. The highest BCUT2D eigenvalue weighted by Gasteiger charge is 2.17. The van der Waals surface area contributed by atoms with Crippen molar-refractivity contribution in [3.63, 3.8) is 0 Å². The molecule has 88 valence electrons. The molecule has 0 atom stereocenters. The molecule has 0 spiro atoms. The number of pyridine rings is 1. The summed E-state index contributed by atoms with van der Waals surface area (Å²) in [5.41, 5.74) is 2.25. The number of aromatic amines is 1. The van der Waals surface area contributed by atoms with E-state index in [0.29, 0.717) is 0 Å². The molecule has 2 aromatic heterocycles. The van der Waals surface area contributed by atoms with Gasteiger partial charge < -0.3 is 9.64 Å². The molecule has 1 saturated heterocycles. The zero-order chi connectivity index (χ0) is 11.5. The standard InChI is InChI=1S/C12H14N4O/c1-3-13-4-2-10(1)11-9-14-15-12(11)16-5-7-17-8-6-16/h1-4,9H,5-8H2,(H,14,15). The number of H-pyrrole nitrogens is 1. The number of morpholine rings is 1. The monoisotopic (exact) mass is 230 g/mol. The van der Waals surface area contributed by atoms with Crippen LogP contribution >= 0.6 is 0 Å². The molecular formula is C12H14N4O. The molecule has 0 unspecified atom stereocenters. The fourth-order valence-corrected chi connectivity index (χ4v) is 2.05. The largest absolute Gasteiger partial charge is 0.378 e. The molecule has 0 aliphatic carbocycles. The number of ether oxygens (including phenoxy) is 1. The number of anilines is 1. The summed E-state index contributed by atoms with van der Waals surface area (Å²) in [4.78, 5) is 6.30. The van der Waals surface area contributed by atoms with Gasteiger partial charge in [0.2, 0.25) is 0 Å². The van der Waals surface area contributed by atoms with Gasteiger partial charge >= 0.3 is 0 Å². The highest BCUT2D eigenvalue weighted by molar-refractivity contribution is 5.75. The zero-order valence-electron chi connectivity index (χ0n) is 9.47. The van der Waals surface area contributed by atoms with E-state index in [4.69, 9.17) is 4.74 Å². The van der Waals surface area contributed by atoms with E-state index in [1.54, 1.807) is 12.4 Å². The second-order valence-corrected chi connectivity index (χ2v) is 3.97. The molecule has 1 N–H and O–H groups in total. The van der Waals surface area contributed by atoms with Crippen molar-refractivity contribution in [3.05, 3.63) is 30.7 Å². The van der Waals surface area contributed by atoms with Gasteiger partial charge in [-0.15, -0.1) is 0 Å². The van der Waals surface area contributed by atoms with Crippen LogP contribution in [0.5, 0.6) is 0 Å². The third-order valence-corrected chi connectivity index (χ3v) is 2.94. The zero-order valence-corrected chi connectivity index (χ0v) is 9.47. The molecule has 2 aromatic rings. The lowest BCUT2D eigenvalue weighted by molar-refractivity contribution is 0.122. The van der Waals surface area contributed by atoms with E-state index in [2.05, 4.69) is 20.1 Å². The Balaban J connectivity index is 1.93. The van der Waals surface area contributed by atoms with Crippen molar-refractivity contribution < 1.29 is 4.74 Å². The molecule has 3 heterocycles. The van der Waals surface area contributed by atoms with Crippen LogP contribution in [0.4, 0.5) is 5.82 Å². The first-order chi connectivity index (χ1) is 8.45. The van der Waals surface area contributed by atoms with Crippen LogP contribution in [0.25, 0.3) is 11.1 Å². The lowest BCUT2D eigenvalue weighted by atomic mass is 10.1. The summed E-state index contributed by atoms with van der Waals surface area (Å²) in [7, 11) is 0. The highest BCUT2D eigenvalue weighted by Crippen LogP contribution is 2.28. The van der Waals surface area contributed by atoms with Crippen molar-refractivity contribution in [2.24, 2.45) is 0 Å². The molecule has 3 rings (SSSR count). The maximum Gasteiger partial charge on any atom is 0.132 e. The Morgan fingerprint density at radius 1 is 1.18 bits per heavy atom. The van der Waals surface area contributed by atoms with Gasteiger partial charge in [-0.1, -0.05) is 0 Å². The lowest BCUT2D eigenvalue weighted by Gasteiger charge is -2.28. The predicted octanol–water partition coefficient (Wildman–Crippen LogP) is 1.31. The SMILES string of the molecule is c1cc(-c2cn[nH]c2N2CCOCC2)ccn1. The first-order valence-electron chi connectivity index (χ1n) is 5.71. The second kappa shape index (κ2) is 4.55. The van der Waals surface area contributed by atoms with Gasteiger partial charge in [-0.25, -0.2) is 0 Å². The molecule has 5 heteroatoms. The average molecular weight is 230 g/mol. The average Bonchev–Trinajstić information content (AvgIpc) is 2.90. The first-order valence-corrected chi connectivity index (χ1v) is 5.71. The molecule has 0 amide bonds. The van der Waals surface area contributed by atoms with Crippen molar-refractivity contribution >= 4 is 5.82 Å². The Morgan fingerprint density at radius 2 is 1.94 bits per heavy atom. The van der Waals surface area contributed by atoms with E-state index in [1.807, 2.05) is 18.3 Å². The van der Waals surface area contributed by atoms with Gasteiger partial charge in [0.1, 0.15) is 5.82 Å². The summed E-state index contributed by atoms with van der Waals surface area (Å²) in [5, 5.41) is 7.22. The summed E-state index contributed by atoms with van der Waals surface area (Å²) >= 11 is 0. The van der Waals surface area contributed by atoms with Crippen LogP contribution in [-0.4, -0.2) is 41.5 Å². The van der Waals surface area contributed by atoms with E-state index in [-0.39, 0.29) is 0 Å². The van der Waals surface area contributed by atoms with Crippen molar-refractivity contribution in [2.75, 3.05) is 31.2 Å². The maximum absolute atomic E-state index is 5.36. The Labute approximate surface area is 99.4 Å². The third kappa shape index (κ3) is 2.01. The van der Waals surface area contributed by atoms with Gasteiger partial charge in [0, 0.05) is 31.0 Å². The molecular weight excluding hydrogens is 216 g/mol. The van der Waals surface area contributed by atoms with Crippen molar-refractivity contribution in [2.45, 2.75) is 0 Å². The Hall–Kier alpha value is -1.88. The van der Waals surface area contributed by atoms with Crippen LogP contribution in [-0.2, 0) is 4.74 Å². The Bertz CT molecular complexity index is 476. The lowest BCUT2D eigenvalue weighted by Crippen LogP contribution is -2.36. The number of nitrogens with one attached hydrogen (secondary N) is 1. The van der Waals surface area contributed by atoms with Crippen LogP contribution in [0.2, 0.25) is 0 Å². The molecule has 5 nitrogen and oxygen atoms in total. The van der Waals surface area contributed by atoms with Gasteiger partial charge in [0.05, 0.1) is 19.4 Å². The maximum atomic E-state index is 5.36. The van der Waals surface area contributed by atoms with Gasteiger partial charge in [-0.3, -0.25) is 10.1 Å². The molecule has 1 fully saturated rings. The van der Waals surface area contributed by atoms with Crippen molar-refractivity contribution in [1.82, 2.24) is 15.2 Å². The quantitative estimate of drug-likeness (QED) is 0.845. The van der Waals surface area contributed by atoms with Gasteiger partial charge in [-0.05, 0) is 17.7 Å². The minimum Gasteiger partial charge on any atom is -0.378 e. The van der Waals surface area contributed by atoms with E-state index in [1.165, 1.54) is 0 Å². The Morgan fingerprint density at radius 3 is 2.71 bits per heavy atom. The third-order valence-electron chi connectivity index (χ3n) is 2.94. The van der Waals surface area contributed by atoms with Gasteiger partial charge in [0.25, 0.3) is 0 Å². The van der Waals surface area contributed by atoms with Gasteiger partial charge in [-0.2, -0.15) is 5.10 Å². The fraction of sp³-hybridized carbons (Fsp3) is 0.333. The van der Waals surface area contributed by atoms with Gasteiger partial charge in [0.15, 0.2) is 0 Å². The second-order valence-electron chi connectivity index (χ2n) is 3.97. The van der Waals surface area contributed by atoms with E-state index >= 15 is 0 Å². The van der Waals surface area contributed by atoms with E-state index in [9.17, 15) is 0 Å². The minimum atomic E-state index is 0.773. The Kier molecular flexibility index (Phi) is 2.75. The van der Waals surface area contributed by atoms with E-state index in [0.717, 1.165) is 43.2 Å². The molecule has 17 heavy (non-hydrogen) atoms. The number of hydrogen-bond donors (Lipinski definition) is 1. The van der Waals surface area contributed by atoms with Crippen LogP contribution in [0.3, 0.4) is 0 Å². The molecule has 0 aromatic carbocycles. The summed E-state index contributed by atoms with van der Waals surface area (Å²) in [6, 6.07) is 3.99. The highest BCUT2D eigenvalue weighted by atomic mass is 16.5. The normalized spacial score (nSPS) is 16.1. The minimum absolute atomic E-state index is 0.773. The molecule has 0 bridgehead atoms. The smallest absolute Gasteiger partial charge is 0.132 e. The predicted molar refractivity (Wildman–Crippen MR) is 64.9 cm³/mol. The number of rotatable bonds is 2. The van der Waals surface area contributed by atoms with Crippen LogP contribution in [0.1, 0.15) is 0 Å². The van der Waals surface area contributed by atoms with E-state index < -0.39 is 0 Å². The molecule has 0 saturated carbocycles. The summed E-state index contributed by atoms with van der Waals surface area (Å²) in [6.45, 7) is 3.35. The van der Waals surface area contributed by atoms with Crippen molar-refractivity contribution in [3.8, 4) is 11.1 Å². The van der Waals surface area contributed by atoms with Crippen LogP contribution in [0, 0.1) is 0 Å². The number of aromatic nitrogens is 3. The molecule has 1 aliphatic heterocycles. The first kappa shape index (κ1) is 10.3. The summed E-state index contributed by atoms with van der Waals surface area (Å²) in [6.07, 6.45) is 5.46. The number of nitrogens with zero attached hydrogens (tertiary/aromatic N) is 3. The van der Waals surface area contributed by atoms with Crippen LogP contribution < -0.4 is 4.90 Å².